The number of hydrazine groups is 1. The minimum atomic E-state index is -3.56. The van der Waals surface area contributed by atoms with E-state index in [1.54, 1.807) is 18.2 Å². The average Bonchev–Trinajstić information content (AvgIpc) is 3.02. The SMILES string of the molecule is CCCN(N)C(=O)C(Cc1ccc2ccccc2c1)NC(=O)CCCN1C(=O)CCS(=O)(=O)c2ccccc21. The highest BCUT2D eigenvalue weighted by atomic mass is 32.2. The first kappa shape index (κ1) is 28.3. The monoisotopic (exact) mass is 550 g/mol. The van der Waals surface area contributed by atoms with Gasteiger partial charge in [0, 0.05) is 32.4 Å². The number of nitrogens with two attached hydrogens (primary N) is 1. The zero-order chi connectivity index (χ0) is 28.0. The maximum Gasteiger partial charge on any atom is 0.259 e. The summed E-state index contributed by atoms with van der Waals surface area (Å²) < 4.78 is 25.2. The van der Waals surface area contributed by atoms with E-state index < -0.39 is 15.9 Å². The molecule has 3 N–H and O–H groups in total. The van der Waals surface area contributed by atoms with Gasteiger partial charge in [-0.3, -0.25) is 19.4 Å². The van der Waals surface area contributed by atoms with E-state index in [1.165, 1.54) is 11.0 Å². The van der Waals surface area contributed by atoms with Gasteiger partial charge in [0.15, 0.2) is 9.84 Å². The van der Waals surface area contributed by atoms with Gasteiger partial charge in [0.25, 0.3) is 5.91 Å². The summed E-state index contributed by atoms with van der Waals surface area (Å²) in [6.07, 6.45) is 1.20. The van der Waals surface area contributed by atoms with Crippen LogP contribution in [0.25, 0.3) is 10.8 Å². The average molecular weight is 551 g/mol. The molecule has 1 aliphatic rings. The van der Waals surface area contributed by atoms with Gasteiger partial charge in [-0.2, -0.15) is 0 Å². The molecule has 0 radical (unpaired) electrons. The number of nitrogens with one attached hydrogen (secondary N) is 1. The standard InChI is InChI=1S/C29H34N4O5S/c1-2-16-33(30)29(36)24(20-21-13-14-22-8-3-4-9-23(22)19-21)31-27(34)12-7-17-32-25-10-5-6-11-26(25)39(37,38)18-15-28(32)35/h3-6,8-11,13-14,19,24H,2,7,12,15-18,20,30H2,1H3,(H,31,34). The Morgan fingerprint density at radius 2 is 1.77 bits per heavy atom. The lowest BCUT2D eigenvalue weighted by molar-refractivity contribution is -0.136. The molecule has 3 aromatic carbocycles. The van der Waals surface area contributed by atoms with Crippen LogP contribution in [0.1, 0.15) is 38.2 Å². The van der Waals surface area contributed by atoms with Crippen LogP contribution >= 0.6 is 0 Å². The first-order valence-electron chi connectivity index (χ1n) is 13.1. The largest absolute Gasteiger partial charge is 0.344 e. The Hall–Kier alpha value is -3.76. The molecule has 0 saturated heterocycles. The smallest absolute Gasteiger partial charge is 0.259 e. The highest BCUT2D eigenvalue weighted by molar-refractivity contribution is 7.91. The van der Waals surface area contributed by atoms with Crippen LogP contribution in [-0.2, 0) is 30.6 Å². The highest BCUT2D eigenvalue weighted by Crippen LogP contribution is 2.30. The topological polar surface area (TPSA) is 130 Å². The molecular formula is C29H34N4O5S. The molecule has 4 rings (SSSR count). The fraction of sp³-hybridized carbons (Fsp3) is 0.345. The first-order chi connectivity index (χ1) is 18.7. The third kappa shape index (κ3) is 6.82. The molecule has 3 aromatic rings. The normalized spacial score (nSPS) is 15.3. The molecule has 206 valence electrons. The lowest BCUT2D eigenvalue weighted by Crippen LogP contribution is -2.52. The fourth-order valence-electron chi connectivity index (χ4n) is 4.81. The molecule has 39 heavy (non-hydrogen) atoms. The van der Waals surface area contributed by atoms with E-state index in [4.69, 9.17) is 5.84 Å². The predicted molar refractivity (Wildman–Crippen MR) is 150 cm³/mol. The number of hydrogen-bond acceptors (Lipinski definition) is 6. The van der Waals surface area contributed by atoms with Crippen molar-refractivity contribution in [2.45, 2.75) is 50.0 Å². The number of benzene rings is 3. The molecule has 1 aliphatic heterocycles. The number of sulfone groups is 1. The number of fused-ring (bicyclic) bond motifs is 2. The van der Waals surface area contributed by atoms with Crippen LogP contribution in [0.3, 0.4) is 0 Å². The molecule has 1 heterocycles. The van der Waals surface area contributed by atoms with E-state index in [1.807, 2.05) is 49.4 Å². The quantitative estimate of drug-likeness (QED) is 0.227. The molecule has 0 aliphatic carbocycles. The summed E-state index contributed by atoms with van der Waals surface area (Å²) in [6, 6.07) is 19.4. The van der Waals surface area contributed by atoms with Crippen molar-refractivity contribution in [2.24, 2.45) is 5.84 Å². The van der Waals surface area contributed by atoms with Crippen molar-refractivity contribution in [1.82, 2.24) is 10.3 Å². The van der Waals surface area contributed by atoms with Gasteiger partial charge >= 0.3 is 0 Å². The van der Waals surface area contributed by atoms with Gasteiger partial charge in [0.05, 0.1) is 16.3 Å². The second-order valence-electron chi connectivity index (χ2n) is 9.72. The summed E-state index contributed by atoms with van der Waals surface area (Å²) in [5, 5.41) is 6.09. The van der Waals surface area contributed by atoms with Crippen molar-refractivity contribution >= 4 is 44.0 Å². The van der Waals surface area contributed by atoms with Gasteiger partial charge in [0.1, 0.15) is 6.04 Å². The molecule has 3 amide bonds. The van der Waals surface area contributed by atoms with Gasteiger partial charge in [0.2, 0.25) is 11.8 Å². The Morgan fingerprint density at radius 1 is 1.05 bits per heavy atom. The maximum absolute atomic E-state index is 13.1. The highest BCUT2D eigenvalue weighted by Gasteiger charge is 2.30. The number of amides is 3. The van der Waals surface area contributed by atoms with Gasteiger partial charge in [-0.1, -0.05) is 61.5 Å². The van der Waals surface area contributed by atoms with Crippen LogP contribution < -0.4 is 16.1 Å². The lowest BCUT2D eigenvalue weighted by atomic mass is 10.0. The molecule has 0 fully saturated rings. The molecule has 10 heteroatoms. The minimum absolute atomic E-state index is 0.0541. The van der Waals surface area contributed by atoms with Gasteiger partial charge in [-0.05, 0) is 41.3 Å². The Morgan fingerprint density at radius 3 is 2.54 bits per heavy atom. The summed E-state index contributed by atoms with van der Waals surface area (Å²) in [4.78, 5) is 40.4. The van der Waals surface area contributed by atoms with Crippen molar-refractivity contribution in [2.75, 3.05) is 23.7 Å². The molecule has 0 saturated carbocycles. The molecular weight excluding hydrogens is 516 g/mol. The maximum atomic E-state index is 13.1. The van der Waals surface area contributed by atoms with E-state index >= 15 is 0 Å². The minimum Gasteiger partial charge on any atom is -0.344 e. The molecule has 0 aromatic heterocycles. The van der Waals surface area contributed by atoms with Crippen LogP contribution in [0.5, 0.6) is 0 Å². The van der Waals surface area contributed by atoms with Crippen molar-refractivity contribution in [3.05, 3.63) is 72.3 Å². The first-order valence-corrected chi connectivity index (χ1v) is 14.8. The van der Waals surface area contributed by atoms with Crippen LogP contribution in [0.4, 0.5) is 5.69 Å². The number of rotatable bonds is 10. The second kappa shape index (κ2) is 12.4. The van der Waals surface area contributed by atoms with E-state index in [-0.39, 0.29) is 54.2 Å². The molecule has 9 nitrogen and oxygen atoms in total. The van der Waals surface area contributed by atoms with Gasteiger partial charge < -0.3 is 10.2 Å². The molecule has 0 spiro atoms. The Kier molecular flexibility index (Phi) is 8.98. The van der Waals surface area contributed by atoms with Gasteiger partial charge in [-0.15, -0.1) is 0 Å². The lowest BCUT2D eigenvalue weighted by Gasteiger charge is -2.25. The summed E-state index contributed by atoms with van der Waals surface area (Å²) in [5.74, 6) is 4.72. The van der Waals surface area contributed by atoms with Crippen LogP contribution in [0.2, 0.25) is 0 Å². The number of nitrogens with zero attached hydrogens (tertiary/aromatic N) is 2. The number of carbonyl (C=O) groups is 3. The second-order valence-corrected chi connectivity index (χ2v) is 11.8. The van der Waals surface area contributed by atoms with Crippen molar-refractivity contribution in [3.8, 4) is 0 Å². The Bertz CT molecular complexity index is 1470. The Balaban J connectivity index is 1.44. The molecule has 1 unspecified atom stereocenters. The van der Waals surface area contributed by atoms with Gasteiger partial charge in [-0.25, -0.2) is 14.3 Å². The third-order valence-electron chi connectivity index (χ3n) is 6.80. The summed E-state index contributed by atoms with van der Waals surface area (Å²) in [6.45, 7) is 2.46. The number of carbonyl (C=O) groups excluding carboxylic acids is 3. The molecule has 0 bridgehead atoms. The summed E-state index contributed by atoms with van der Waals surface area (Å²) in [5.41, 5.74) is 1.23. The zero-order valence-corrected chi connectivity index (χ0v) is 22.8. The fourth-order valence-corrected chi connectivity index (χ4v) is 6.25. The zero-order valence-electron chi connectivity index (χ0n) is 22.0. The Labute approximate surface area is 228 Å². The number of hydrogen-bond donors (Lipinski definition) is 2. The van der Waals surface area contributed by atoms with Crippen molar-refractivity contribution in [1.29, 1.82) is 0 Å². The summed E-state index contributed by atoms with van der Waals surface area (Å²) >= 11 is 0. The summed E-state index contributed by atoms with van der Waals surface area (Å²) in [7, 11) is -3.56. The van der Waals surface area contributed by atoms with Crippen LogP contribution in [-0.4, -0.2) is 56.0 Å². The predicted octanol–water partition coefficient (Wildman–Crippen LogP) is 2.97. The van der Waals surface area contributed by atoms with E-state index in [0.717, 1.165) is 21.3 Å². The van der Waals surface area contributed by atoms with E-state index in [0.29, 0.717) is 25.1 Å². The van der Waals surface area contributed by atoms with Crippen molar-refractivity contribution in [3.63, 3.8) is 0 Å². The van der Waals surface area contributed by atoms with Crippen LogP contribution in [0, 0.1) is 0 Å². The van der Waals surface area contributed by atoms with E-state index in [9.17, 15) is 22.8 Å². The number of para-hydroxylation sites is 1. The number of anilines is 1. The van der Waals surface area contributed by atoms with Crippen molar-refractivity contribution < 1.29 is 22.8 Å². The third-order valence-corrected chi connectivity index (χ3v) is 8.55. The van der Waals surface area contributed by atoms with E-state index in [2.05, 4.69) is 5.32 Å². The molecule has 1 atom stereocenters. The van der Waals surface area contributed by atoms with Crippen LogP contribution in [0.15, 0.2) is 71.6 Å².